The summed E-state index contributed by atoms with van der Waals surface area (Å²) in [6, 6.07) is 3.47. The lowest BCUT2D eigenvalue weighted by Crippen LogP contribution is -2.36. The van der Waals surface area contributed by atoms with Crippen molar-refractivity contribution in [1.82, 2.24) is 0 Å². The monoisotopic (exact) mass is 277 g/mol. The molecule has 1 aromatic rings. The lowest BCUT2D eigenvalue weighted by atomic mass is 9.99. The first-order valence-electron chi connectivity index (χ1n) is 6.59. The molecule has 1 fully saturated rings. The maximum absolute atomic E-state index is 11.5. The molecule has 1 N–H and O–H groups in total. The molecule has 0 saturated carbocycles. The highest BCUT2D eigenvalue weighted by Crippen LogP contribution is 2.39. The fourth-order valence-corrected chi connectivity index (χ4v) is 2.71. The van der Waals surface area contributed by atoms with E-state index in [0.717, 1.165) is 0 Å². The Hall–Kier alpha value is -2.15. The smallest absolute Gasteiger partial charge is 0.297 e. The first-order chi connectivity index (χ1) is 9.66. The van der Waals surface area contributed by atoms with E-state index in [-0.39, 0.29) is 16.5 Å². The number of carbonyl (C=O) groups excluding carboxylic acids is 1. The van der Waals surface area contributed by atoms with E-state index in [1.54, 1.807) is 12.1 Å². The fraction of sp³-hybridized carbons (Fsp3) is 0.462. The minimum absolute atomic E-state index is 0.0917. The molecule has 0 aliphatic carbocycles. The normalized spacial score (nSPS) is 18.4. The second-order valence-electron chi connectivity index (χ2n) is 4.86. The maximum Gasteiger partial charge on any atom is 0.297 e. The van der Waals surface area contributed by atoms with E-state index in [9.17, 15) is 14.9 Å². The van der Waals surface area contributed by atoms with Crippen LogP contribution >= 0.6 is 0 Å². The molecule has 2 aliphatic heterocycles. The van der Waals surface area contributed by atoms with Gasteiger partial charge in [-0.05, 0) is 18.6 Å². The molecule has 0 spiro atoms. The number of nitrogens with zero attached hydrogens (tertiary/aromatic N) is 2. The van der Waals surface area contributed by atoms with Gasteiger partial charge in [-0.25, -0.2) is 0 Å². The number of fused-ring (bicyclic) bond motifs is 1. The van der Waals surface area contributed by atoms with E-state index >= 15 is 0 Å². The predicted octanol–water partition coefficient (Wildman–Crippen LogP) is 1.32. The highest BCUT2D eigenvalue weighted by atomic mass is 16.6. The van der Waals surface area contributed by atoms with Crippen LogP contribution in [0.4, 0.5) is 17.1 Å². The van der Waals surface area contributed by atoms with Gasteiger partial charge < -0.3 is 15.0 Å². The zero-order chi connectivity index (χ0) is 14.1. The molecule has 0 atom stereocenters. The molecule has 1 amide bonds. The Morgan fingerprint density at radius 2 is 2.00 bits per heavy atom. The van der Waals surface area contributed by atoms with E-state index in [1.807, 2.05) is 4.90 Å². The second-order valence-corrected chi connectivity index (χ2v) is 4.86. The van der Waals surface area contributed by atoms with Gasteiger partial charge in [0.25, 0.3) is 5.69 Å². The van der Waals surface area contributed by atoms with Crippen LogP contribution in [0, 0.1) is 10.1 Å². The van der Waals surface area contributed by atoms with Crippen LogP contribution in [0.25, 0.3) is 0 Å². The third-order valence-corrected chi connectivity index (χ3v) is 3.67. The number of nitrogens with one attached hydrogen (secondary N) is 1. The molecule has 3 rings (SSSR count). The molecule has 106 valence electrons. The third kappa shape index (κ3) is 2.20. The van der Waals surface area contributed by atoms with Crippen LogP contribution in [0.3, 0.4) is 0 Å². The molecule has 0 unspecified atom stereocenters. The van der Waals surface area contributed by atoms with Crippen molar-refractivity contribution in [2.75, 3.05) is 36.5 Å². The first kappa shape index (κ1) is 12.9. The van der Waals surface area contributed by atoms with Gasteiger partial charge in [-0.3, -0.25) is 14.9 Å². The van der Waals surface area contributed by atoms with Gasteiger partial charge in [-0.2, -0.15) is 0 Å². The summed E-state index contributed by atoms with van der Waals surface area (Å²) in [6.07, 6.45) is 0.704. The topological polar surface area (TPSA) is 84.7 Å². The summed E-state index contributed by atoms with van der Waals surface area (Å²) in [5, 5.41) is 14.2. The fourth-order valence-electron chi connectivity index (χ4n) is 2.71. The summed E-state index contributed by atoms with van der Waals surface area (Å²) in [4.78, 5) is 24.5. The van der Waals surface area contributed by atoms with Gasteiger partial charge in [0.05, 0.1) is 29.4 Å². The van der Waals surface area contributed by atoms with Crippen molar-refractivity contribution in [2.24, 2.45) is 0 Å². The molecule has 0 aromatic heterocycles. The number of anilines is 2. The number of nitro groups is 1. The number of rotatable bonds is 2. The van der Waals surface area contributed by atoms with Gasteiger partial charge in [-0.1, -0.05) is 0 Å². The summed E-state index contributed by atoms with van der Waals surface area (Å²) in [5.74, 6) is -0.0917. The van der Waals surface area contributed by atoms with Crippen LogP contribution < -0.4 is 10.2 Å². The second kappa shape index (κ2) is 5.09. The van der Waals surface area contributed by atoms with Crippen molar-refractivity contribution in [2.45, 2.75) is 12.8 Å². The summed E-state index contributed by atoms with van der Waals surface area (Å²) in [5.41, 5.74) is 1.92. The predicted molar refractivity (Wildman–Crippen MR) is 73.1 cm³/mol. The molecule has 0 bridgehead atoms. The van der Waals surface area contributed by atoms with Crippen molar-refractivity contribution in [3.05, 3.63) is 27.8 Å². The van der Waals surface area contributed by atoms with E-state index < -0.39 is 0 Å². The average Bonchev–Trinajstić information content (AvgIpc) is 2.46. The van der Waals surface area contributed by atoms with Gasteiger partial charge in [0.15, 0.2) is 0 Å². The van der Waals surface area contributed by atoms with Crippen molar-refractivity contribution in [1.29, 1.82) is 0 Å². The standard InChI is InChI=1S/C13H15N3O4/c17-12-4-1-9-10(14-12)2-3-11(13(9)16(18)19)15-5-7-20-8-6-15/h2-3H,1,4-8H2,(H,14,17). The van der Waals surface area contributed by atoms with Gasteiger partial charge >= 0.3 is 0 Å². The quantitative estimate of drug-likeness (QED) is 0.651. The molecule has 7 heteroatoms. The highest BCUT2D eigenvalue weighted by molar-refractivity contribution is 5.96. The van der Waals surface area contributed by atoms with Crippen molar-refractivity contribution >= 4 is 23.0 Å². The Kier molecular flexibility index (Phi) is 3.27. The minimum Gasteiger partial charge on any atom is -0.378 e. The van der Waals surface area contributed by atoms with E-state index in [1.165, 1.54) is 0 Å². The Balaban J connectivity index is 2.06. The van der Waals surface area contributed by atoms with E-state index in [2.05, 4.69) is 5.32 Å². The number of benzene rings is 1. The van der Waals surface area contributed by atoms with Crippen LogP contribution in [0.1, 0.15) is 12.0 Å². The summed E-state index contributed by atoms with van der Waals surface area (Å²) in [6.45, 7) is 2.44. The Bertz CT molecular complexity index is 567. The van der Waals surface area contributed by atoms with E-state index in [4.69, 9.17) is 4.74 Å². The number of hydrogen-bond acceptors (Lipinski definition) is 5. The van der Waals surface area contributed by atoms with Gasteiger partial charge in [0.1, 0.15) is 5.69 Å². The molecule has 2 heterocycles. The van der Waals surface area contributed by atoms with Crippen molar-refractivity contribution < 1.29 is 14.5 Å². The van der Waals surface area contributed by atoms with Crippen LogP contribution in [0.15, 0.2) is 12.1 Å². The molecule has 0 radical (unpaired) electrons. The van der Waals surface area contributed by atoms with Crippen LogP contribution in [-0.4, -0.2) is 37.1 Å². The zero-order valence-corrected chi connectivity index (χ0v) is 10.9. The summed E-state index contributed by atoms with van der Waals surface area (Å²) >= 11 is 0. The zero-order valence-electron chi connectivity index (χ0n) is 10.9. The highest BCUT2D eigenvalue weighted by Gasteiger charge is 2.30. The number of amides is 1. The Morgan fingerprint density at radius 1 is 1.25 bits per heavy atom. The lowest BCUT2D eigenvalue weighted by molar-refractivity contribution is -0.384. The molecular weight excluding hydrogens is 262 g/mol. The Labute approximate surface area is 115 Å². The Morgan fingerprint density at radius 3 is 2.70 bits per heavy atom. The minimum atomic E-state index is -0.346. The number of hydrogen-bond donors (Lipinski definition) is 1. The largest absolute Gasteiger partial charge is 0.378 e. The first-order valence-corrected chi connectivity index (χ1v) is 6.59. The molecular formula is C13H15N3O4. The van der Waals surface area contributed by atoms with Crippen LogP contribution in [0.5, 0.6) is 0 Å². The molecule has 7 nitrogen and oxygen atoms in total. The molecule has 1 saturated heterocycles. The number of carbonyl (C=O) groups is 1. The van der Waals surface area contributed by atoms with Gasteiger partial charge in [0.2, 0.25) is 5.91 Å². The summed E-state index contributed by atoms with van der Waals surface area (Å²) in [7, 11) is 0. The third-order valence-electron chi connectivity index (χ3n) is 3.67. The van der Waals surface area contributed by atoms with Crippen LogP contribution in [-0.2, 0) is 16.0 Å². The molecule has 20 heavy (non-hydrogen) atoms. The summed E-state index contributed by atoms with van der Waals surface area (Å²) < 4.78 is 5.28. The maximum atomic E-state index is 11.5. The molecule has 1 aromatic carbocycles. The van der Waals surface area contributed by atoms with Crippen molar-refractivity contribution in [3.63, 3.8) is 0 Å². The van der Waals surface area contributed by atoms with Crippen LogP contribution in [0.2, 0.25) is 0 Å². The lowest BCUT2D eigenvalue weighted by Gasteiger charge is -2.29. The molecule has 2 aliphatic rings. The number of nitro benzene ring substituents is 1. The van der Waals surface area contributed by atoms with Gasteiger partial charge in [0, 0.05) is 19.5 Å². The SMILES string of the molecule is O=C1CCc2c(ccc(N3CCOCC3)c2[N+](=O)[O-])N1. The van der Waals surface area contributed by atoms with E-state index in [0.29, 0.717) is 56.1 Å². The van der Waals surface area contributed by atoms with Crippen molar-refractivity contribution in [3.8, 4) is 0 Å². The van der Waals surface area contributed by atoms with Gasteiger partial charge in [-0.15, -0.1) is 0 Å². The average molecular weight is 277 g/mol. The number of ether oxygens (including phenoxy) is 1. The number of morpholine rings is 1.